The first-order valence-corrected chi connectivity index (χ1v) is 7.31. The lowest BCUT2D eigenvalue weighted by Crippen LogP contribution is -2.40. The van der Waals surface area contributed by atoms with Crippen molar-refractivity contribution in [2.24, 2.45) is 0 Å². The van der Waals surface area contributed by atoms with Gasteiger partial charge in [-0.3, -0.25) is 9.69 Å². The van der Waals surface area contributed by atoms with Crippen LogP contribution in [0.25, 0.3) is 0 Å². The highest BCUT2D eigenvalue weighted by Crippen LogP contribution is 2.07. The number of likely N-dealkylation sites (N-methyl/N-ethyl adjacent to an activating group) is 2. The van der Waals surface area contributed by atoms with E-state index in [4.69, 9.17) is 4.74 Å². The maximum Gasteiger partial charge on any atom is 0.237 e. The van der Waals surface area contributed by atoms with Crippen molar-refractivity contribution in [1.82, 2.24) is 9.80 Å². The normalized spacial score (nSPS) is 10.5. The van der Waals surface area contributed by atoms with E-state index in [1.807, 2.05) is 61.0 Å². The highest BCUT2D eigenvalue weighted by Gasteiger charge is 2.13. The summed E-state index contributed by atoms with van der Waals surface area (Å²) < 4.78 is 5.63. The van der Waals surface area contributed by atoms with E-state index in [2.05, 4.69) is 6.58 Å². The Labute approximate surface area is 128 Å². The second-order valence-corrected chi connectivity index (χ2v) is 5.26. The summed E-state index contributed by atoms with van der Waals surface area (Å²) in [6.07, 6.45) is 0. The predicted molar refractivity (Wildman–Crippen MR) is 86.5 cm³/mol. The first-order chi connectivity index (χ1) is 10.0. The van der Waals surface area contributed by atoms with Crippen LogP contribution in [0.4, 0.5) is 0 Å². The van der Waals surface area contributed by atoms with Gasteiger partial charge < -0.3 is 9.64 Å². The van der Waals surface area contributed by atoms with Gasteiger partial charge in [-0.25, -0.2) is 0 Å². The van der Waals surface area contributed by atoms with Crippen LogP contribution in [0.5, 0.6) is 5.75 Å². The summed E-state index contributed by atoms with van der Waals surface area (Å²) in [5, 5.41) is 0. The maximum atomic E-state index is 12.2. The molecule has 0 saturated carbocycles. The topological polar surface area (TPSA) is 32.8 Å². The third-order valence-electron chi connectivity index (χ3n) is 3.09. The Morgan fingerprint density at radius 1 is 1.24 bits per heavy atom. The Bertz CT molecular complexity index is 445. The van der Waals surface area contributed by atoms with Gasteiger partial charge in [-0.15, -0.1) is 0 Å². The molecule has 4 heteroatoms. The van der Waals surface area contributed by atoms with E-state index < -0.39 is 0 Å². The van der Waals surface area contributed by atoms with Gasteiger partial charge in [-0.05, 0) is 33.0 Å². The van der Waals surface area contributed by atoms with Crippen LogP contribution in [-0.2, 0) is 4.79 Å². The Kier molecular flexibility index (Phi) is 7.54. The van der Waals surface area contributed by atoms with E-state index >= 15 is 0 Å². The largest absolute Gasteiger partial charge is 0.492 e. The summed E-state index contributed by atoms with van der Waals surface area (Å²) in [4.78, 5) is 16.0. The Hall–Kier alpha value is -1.81. The molecule has 1 rings (SSSR count). The van der Waals surface area contributed by atoms with E-state index in [9.17, 15) is 4.79 Å². The Morgan fingerprint density at radius 2 is 1.90 bits per heavy atom. The quantitative estimate of drug-likeness (QED) is 0.655. The molecule has 1 amide bonds. The summed E-state index contributed by atoms with van der Waals surface area (Å²) in [5.74, 6) is 0.984. The molecule has 0 aliphatic carbocycles. The fraction of sp³-hybridized carbons (Fsp3) is 0.471. The number of nitrogens with zero attached hydrogens (tertiary/aromatic N) is 2. The van der Waals surface area contributed by atoms with E-state index in [1.54, 1.807) is 0 Å². The van der Waals surface area contributed by atoms with Gasteiger partial charge in [0.15, 0.2) is 0 Å². The maximum absolute atomic E-state index is 12.2. The minimum absolute atomic E-state index is 0.128. The van der Waals surface area contributed by atoms with Crippen LogP contribution in [0.1, 0.15) is 13.8 Å². The molecule has 0 radical (unpaired) electrons. The van der Waals surface area contributed by atoms with Gasteiger partial charge in [0.25, 0.3) is 0 Å². The third kappa shape index (κ3) is 6.95. The van der Waals surface area contributed by atoms with Crippen LogP contribution < -0.4 is 4.74 Å². The SMILES string of the molecule is C=C(C)CN(CC)C(=O)CN(C)CCOc1ccccc1. The summed E-state index contributed by atoms with van der Waals surface area (Å²) in [6, 6.07) is 9.70. The van der Waals surface area contributed by atoms with E-state index in [0.29, 0.717) is 32.8 Å². The van der Waals surface area contributed by atoms with Crippen molar-refractivity contribution in [3.8, 4) is 5.75 Å². The van der Waals surface area contributed by atoms with Gasteiger partial charge >= 0.3 is 0 Å². The zero-order valence-corrected chi connectivity index (χ0v) is 13.3. The molecule has 0 aliphatic heterocycles. The highest BCUT2D eigenvalue weighted by molar-refractivity contribution is 5.78. The first kappa shape index (κ1) is 17.2. The second-order valence-electron chi connectivity index (χ2n) is 5.26. The van der Waals surface area contributed by atoms with E-state index in [-0.39, 0.29) is 5.91 Å². The molecular formula is C17H26N2O2. The van der Waals surface area contributed by atoms with Crippen molar-refractivity contribution in [1.29, 1.82) is 0 Å². The monoisotopic (exact) mass is 290 g/mol. The molecule has 0 fully saturated rings. The summed E-state index contributed by atoms with van der Waals surface area (Å²) in [7, 11) is 1.93. The second kappa shape index (κ2) is 9.19. The summed E-state index contributed by atoms with van der Waals surface area (Å²) in [5.41, 5.74) is 1.00. The Morgan fingerprint density at radius 3 is 2.48 bits per heavy atom. The van der Waals surface area contributed by atoms with Crippen molar-refractivity contribution in [2.75, 3.05) is 39.8 Å². The van der Waals surface area contributed by atoms with Crippen LogP contribution in [0.2, 0.25) is 0 Å². The number of benzene rings is 1. The lowest BCUT2D eigenvalue weighted by molar-refractivity contribution is -0.131. The molecule has 116 valence electrons. The molecule has 4 nitrogen and oxygen atoms in total. The molecule has 0 aromatic heterocycles. The van der Waals surface area contributed by atoms with Gasteiger partial charge in [0.1, 0.15) is 12.4 Å². The van der Waals surface area contributed by atoms with Gasteiger partial charge in [-0.1, -0.05) is 30.4 Å². The number of carbonyl (C=O) groups excluding carboxylic acids is 1. The standard InChI is InChI=1S/C17H26N2O2/c1-5-19(13-15(2)3)17(20)14-18(4)11-12-21-16-9-7-6-8-10-16/h6-10H,2,5,11-14H2,1,3-4H3. The molecule has 0 atom stereocenters. The van der Waals surface area contributed by atoms with Crippen molar-refractivity contribution in [2.45, 2.75) is 13.8 Å². The Balaban J connectivity index is 2.30. The smallest absolute Gasteiger partial charge is 0.237 e. The number of carbonyl (C=O) groups is 1. The zero-order valence-electron chi connectivity index (χ0n) is 13.3. The van der Waals surface area contributed by atoms with E-state index in [1.165, 1.54) is 0 Å². The minimum atomic E-state index is 0.128. The minimum Gasteiger partial charge on any atom is -0.492 e. The first-order valence-electron chi connectivity index (χ1n) is 7.31. The van der Waals surface area contributed by atoms with Gasteiger partial charge in [0, 0.05) is 19.6 Å². The van der Waals surface area contributed by atoms with Crippen LogP contribution >= 0.6 is 0 Å². The van der Waals surface area contributed by atoms with E-state index in [0.717, 1.165) is 11.3 Å². The van der Waals surface area contributed by atoms with Gasteiger partial charge in [0.2, 0.25) is 5.91 Å². The molecule has 0 heterocycles. The number of ether oxygens (including phenoxy) is 1. The van der Waals surface area contributed by atoms with Gasteiger partial charge in [0.05, 0.1) is 6.54 Å². The summed E-state index contributed by atoms with van der Waals surface area (Å²) >= 11 is 0. The number of rotatable bonds is 9. The average Bonchev–Trinajstić information content (AvgIpc) is 2.45. The summed E-state index contributed by atoms with van der Waals surface area (Å²) in [6.45, 7) is 10.8. The van der Waals surface area contributed by atoms with Gasteiger partial charge in [-0.2, -0.15) is 0 Å². The molecule has 0 spiro atoms. The number of amides is 1. The van der Waals surface area contributed by atoms with Crippen LogP contribution in [0.3, 0.4) is 0 Å². The molecule has 21 heavy (non-hydrogen) atoms. The molecule has 0 aliphatic rings. The lowest BCUT2D eigenvalue weighted by atomic mass is 10.3. The molecule has 0 N–H and O–H groups in total. The predicted octanol–water partition coefficient (Wildman–Crippen LogP) is 2.42. The molecule has 1 aromatic rings. The lowest BCUT2D eigenvalue weighted by Gasteiger charge is -2.24. The van der Waals surface area contributed by atoms with Crippen LogP contribution in [-0.4, -0.2) is 55.5 Å². The average molecular weight is 290 g/mol. The van der Waals surface area contributed by atoms with Crippen molar-refractivity contribution < 1.29 is 9.53 Å². The van der Waals surface area contributed by atoms with Crippen LogP contribution in [0, 0.1) is 0 Å². The number of hydrogen-bond acceptors (Lipinski definition) is 3. The fourth-order valence-electron chi connectivity index (χ4n) is 1.95. The van der Waals surface area contributed by atoms with Crippen molar-refractivity contribution in [3.05, 3.63) is 42.5 Å². The molecule has 0 unspecified atom stereocenters. The molecule has 1 aromatic carbocycles. The molecule has 0 bridgehead atoms. The van der Waals surface area contributed by atoms with Crippen molar-refractivity contribution in [3.63, 3.8) is 0 Å². The number of para-hydroxylation sites is 1. The molecule has 0 saturated heterocycles. The molecular weight excluding hydrogens is 264 g/mol. The fourth-order valence-corrected chi connectivity index (χ4v) is 1.95. The zero-order chi connectivity index (χ0) is 15.7. The third-order valence-corrected chi connectivity index (χ3v) is 3.09. The highest BCUT2D eigenvalue weighted by atomic mass is 16.5. The van der Waals surface area contributed by atoms with Crippen LogP contribution in [0.15, 0.2) is 42.5 Å². The van der Waals surface area contributed by atoms with Crippen molar-refractivity contribution >= 4 is 5.91 Å². The number of hydrogen-bond donors (Lipinski definition) is 0.